The molecule has 166 valence electrons. The van der Waals surface area contributed by atoms with Crippen molar-refractivity contribution in [3.8, 4) is 22.1 Å². The summed E-state index contributed by atoms with van der Waals surface area (Å²) in [4.78, 5) is 15.3. The predicted octanol–water partition coefficient (Wildman–Crippen LogP) is 3.58. The number of aryl methyl sites for hydroxylation is 1. The fraction of sp³-hybridized carbons (Fsp3) is 0.286. The zero-order valence-electron chi connectivity index (χ0n) is 17.9. The van der Waals surface area contributed by atoms with Gasteiger partial charge >= 0.3 is 0 Å². The summed E-state index contributed by atoms with van der Waals surface area (Å²) in [6.45, 7) is 6.92. The minimum absolute atomic E-state index is 0.0978. The number of aromatic nitrogens is 6. The number of benzene rings is 1. The smallest absolute Gasteiger partial charge is 0.258 e. The van der Waals surface area contributed by atoms with E-state index in [9.17, 15) is 9.50 Å². The van der Waals surface area contributed by atoms with Gasteiger partial charge in [-0.05, 0) is 45.9 Å². The summed E-state index contributed by atoms with van der Waals surface area (Å²) in [5.74, 6) is -0.213. The first kappa shape index (κ1) is 21.8. The first-order valence-corrected chi connectivity index (χ1v) is 10.6. The molecule has 0 aliphatic heterocycles. The van der Waals surface area contributed by atoms with E-state index in [0.717, 1.165) is 4.88 Å². The van der Waals surface area contributed by atoms with Crippen LogP contribution in [0.5, 0.6) is 5.88 Å². The number of nitrogens with two attached hydrogens (primary N) is 1. The molecule has 3 aromatic heterocycles. The Hall–Kier alpha value is -3.44. The summed E-state index contributed by atoms with van der Waals surface area (Å²) >= 11 is 1.32. The fourth-order valence-electron chi connectivity index (χ4n) is 3.08. The number of ether oxygens (including phenoxy) is 1. The van der Waals surface area contributed by atoms with Gasteiger partial charge in [0.1, 0.15) is 28.2 Å². The van der Waals surface area contributed by atoms with E-state index in [2.05, 4.69) is 25.1 Å². The number of anilines is 1. The number of hydrogen-bond donors (Lipinski definition) is 2. The molecule has 11 heteroatoms. The second-order valence-corrected chi connectivity index (χ2v) is 8.72. The molecule has 0 amide bonds. The number of nitrogen functional groups attached to an aromatic ring is 1. The number of halogens is 1. The molecule has 3 heterocycles. The molecule has 0 saturated carbocycles. The van der Waals surface area contributed by atoms with Gasteiger partial charge in [0.05, 0.1) is 34.8 Å². The molecule has 3 N–H and O–H groups in total. The Balaban J connectivity index is 1.68. The summed E-state index contributed by atoms with van der Waals surface area (Å²) < 4.78 is 20.0. The van der Waals surface area contributed by atoms with E-state index < -0.39 is 17.5 Å². The maximum atomic E-state index is 14.0. The van der Waals surface area contributed by atoms with E-state index in [4.69, 9.17) is 10.5 Å². The highest BCUT2D eigenvalue weighted by Gasteiger charge is 2.24. The first-order chi connectivity index (χ1) is 15.1. The molecular formula is C21H22FN7O2S. The maximum Gasteiger partial charge on any atom is 0.258 e. The van der Waals surface area contributed by atoms with E-state index in [1.165, 1.54) is 46.9 Å². The summed E-state index contributed by atoms with van der Waals surface area (Å²) in [7, 11) is 0. The molecule has 0 unspecified atom stereocenters. The lowest BCUT2D eigenvalue weighted by Crippen LogP contribution is -2.14. The average molecular weight is 456 g/mol. The molecule has 9 nitrogen and oxygen atoms in total. The Morgan fingerprint density at radius 2 is 1.94 bits per heavy atom. The van der Waals surface area contributed by atoms with E-state index in [0.29, 0.717) is 27.6 Å². The number of rotatable bonds is 6. The molecule has 0 bridgehead atoms. The van der Waals surface area contributed by atoms with E-state index in [-0.39, 0.29) is 11.7 Å². The lowest BCUT2D eigenvalue weighted by molar-refractivity contribution is 0.0781. The van der Waals surface area contributed by atoms with Crippen LogP contribution in [0.4, 0.5) is 10.2 Å². The SMILES string of the molecule is Cc1nc(C(C)(C)O)sc1-c1cnc(N)c(O[C@H](C)c2cc(F)ccc2-n2nccn2)n1. The van der Waals surface area contributed by atoms with Crippen molar-refractivity contribution >= 4 is 17.2 Å². The van der Waals surface area contributed by atoms with Crippen molar-refractivity contribution in [1.29, 1.82) is 0 Å². The third-order valence-corrected chi connectivity index (χ3v) is 6.16. The topological polar surface area (TPSA) is 125 Å². The van der Waals surface area contributed by atoms with Gasteiger partial charge < -0.3 is 15.6 Å². The van der Waals surface area contributed by atoms with Crippen molar-refractivity contribution in [2.75, 3.05) is 5.73 Å². The van der Waals surface area contributed by atoms with Crippen molar-refractivity contribution < 1.29 is 14.2 Å². The van der Waals surface area contributed by atoms with Crippen LogP contribution in [0, 0.1) is 12.7 Å². The molecule has 32 heavy (non-hydrogen) atoms. The predicted molar refractivity (Wildman–Crippen MR) is 118 cm³/mol. The second-order valence-electron chi connectivity index (χ2n) is 7.72. The quantitative estimate of drug-likeness (QED) is 0.452. The molecule has 0 spiro atoms. The third-order valence-electron chi connectivity index (χ3n) is 4.67. The van der Waals surface area contributed by atoms with Crippen LogP contribution < -0.4 is 10.5 Å². The van der Waals surface area contributed by atoms with Crippen LogP contribution in [0.2, 0.25) is 0 Å². The number of thiazole rings is 1. The van der Waals surface area contributed by atoms with Gasteiger partial charge in [0.15, 0.2) is 5.82 Å². The summed E-state index contributed by atoms with van der Waals surface area (Å²) in [6.07, 6.45) is 3.96. The fourth-order valence-corrected chi connectivity index (χ4v) is 4.10. The number of hydrogen-bond acceptors (Lipinski definition) is 9. The Kier molecular flexibility index (Phi) is 5.61. The van der Waals surface area contributed by atoms with Gasteiger partial charge in [-0.15, -0.1) is 11.3 Å². The van der Waals surface area contributed by atoms with Crippen molar-refractivity contribution in [1.82, 2.24) is 29.9 Å². The molecule has 0 aliphatic rings. The zero-order chi connectivity index (χ0) is 23.0. The Labute approximate surface area is 187 Å². The molecule has 1 atom stereocenters. The maximum absolute atomic E-state index is 14.0. The first-order valence-electron chi connectivity index (χ1n) is 9.79. The molecule has 0 aliphatic carbocycles. The van der Waals surface area contributed by atoms with Gasteiger partial charge in [0, 0.05) is 5.56 Å². The standard InChI is InChI=1S/C21H22FN7O2S/c1-11-17(32-20(27-11)21(3,4)30)15-10-24-18(23)19(28-15)31-12(2)14-9-13(22)5-6-16(14)29-25-7-8-26-29/h5-10,12,30H,1-4H3,(H2,23,24)/t12-/m1/s1. The van der Waals surface area contributed by atoms with Crippen molar-refractivity contribution in [3.05, 3.63) is 58.9 Å². The van der Waals surface area contributed by atoms with Gasteiger partial charge in [-0.2, -0.15) is 15.0 Å². The van der Waals surface area contributed by atoms with Gasteiger partial charge in [-0.25, -0.2) is 19.3 Å². The monoisotopic (exact) mass is 455 g/mol. The van der Waals surface area contributed by atoms with Crippen LogP contribution in [0.3, 0.4) is 0 Å². The van der Waals surface area contributed by atoms with Crippen LogP contribution in [0.1, 0.15) is 43.1 Å². The van der Waals surface area contributed by atoms with Crippen LogP contribution in [0.15, 0.2) is 36.8 Å². The molecule has 0 fully saturated rings. The minimum atomic E-state index is -1.07. The van der Waals surface area contributed by atoms with Crippen molar-refractivity contribution in [3.63, 3.8) is 0 Å². The normalized spacial score (nSPS) is 12.7. The van der Waals surface area contributed by atoms with Crippen LogP contribution in [-0.2, 0) is 5.60 Å². The number of nitrogens with zero attached hydrogens (tertiary/aromatic N) is 6. The molecule has 0 radical (unpaired) electrons. The zero-order valence-corrected chi connectivity index (χ0v) is 18.8. The van der Waals surface area contributed by atoms with Crippen LogP contribution in [0.25, 0.3) is 16.3 Å². The molecule has 1 aromatic carbocycles. The van der Waals surface area contributed by atoms with Crippen molar-refractivity contribution in [2.24, 2.45) is 0 Å². The second kappa shape index (κ2) is 8.24. The highest BCUT2D eigenvalue weighted by molar-refractivity contribution is 7.15. The lowest BCUT2D eigenvalue weighted by Gasteiger charge is -2.18. The summed E-state index contributed by atoms with van der Waals surface area (Å²) in [5.41, 5.74) is 7.26. The molecular weight excluding hydrogens is 433 g/mol. The van der Waals surface area contributed by atoms with Gasteiger partial charge in [-0.1, -0.05) is 0 Å². The molecule has 4 rings (SSSR count). The Morgan fingerprint density at radius 1 is 1.22 bits per heavy atom. The highest BCUT2D eigenvalue weighted by atomic mass is 32.1. The lowest BCUT2D eigenvalue weighted by atomic mass is 10.1. The summed E-state index contributed by atoms with van der Waals surface area (Å²) in [5, 5.41) is 19.1. The molecule has 0 saturated heterocycles. The average Bonchev–Trinajstić information content (AvgIpc) is 3.39. The van der Waals surface area contributed by atoms with Crippen molar-refractivity contribution in [2.45, 2.75) is 39.4 Å². The Bertz CT molecular complexity index is 1250. The van der Waals surface area contributed by atoms with E-state index >= 15 is 0 Å². The van der Waals surface area contributed by atoms with Crippen LogP contribution >= 0.6 is 11.3 Å². The van der Waals surface area contributed by atoms with Gasteiger partial charge in [0.2, 0.25) is 0 Å². The highest BCUT2D eigenvalue weighted by Crippen LogP contribution is 2.36. The minimum Gasteiger partial charge on any atom is -0.467 e. The van der Waals surface area contributed by atoms with E-state index in [1.54, 1.807) is 26.8 Å². The summed E-state index contributed by atoms with van der Waals surface area (Å²) in [6, 6.07) is 4.27. The van der Waals surface area contributed by atoms with E-state index in [1.807, 2.05) is 6.92 Å². The molecule has 4 aromatic rings. The van der Waals surface area contributed by atoms with Gasteiger partial charge in [-0.3, -0.25) is 0 Å². The third kappa shape index (κ3) is 4.30. The Morgan fingerprint density at radius 3 is 2.59 bits per heavy atom. The van der Waals surface area contributed by atoms with Gasteiger partial charge in [0.25, 0.3) is 5.88 Å². The largest absolute Gasteiger partial charge is 0.467 e. The van der Waals surface area contributed by atoms with Crippen LogP contribution in [-0.4, -0.2) is 35.1 Å². The number of aliphatic hydroxyl groups is 1.